The summed E-state index contributed by atoms with van der Waals surface area (Å²) in [7, 11) is 3.85. The van der Waals surface area contributed by atoms with E-state index in [1.807, 2.05) is 43.3 Å². The van der Waals surface area contributed by atoms with Crippen LogP contribution in [0.1, 0.15) is 35.7 Å². The Kier molecular flexibility index (Phi) is 5.28. The zero-order valence-corrected chi connectivity index (χ0v) is 20.7. The van der Waals surface area contributed by atoms with Crippen LogP contribution in [0.4, 0.5) is 5.69 Å². The number of nitrogens with two attached hydrogens (primary N) is 1. The van der Waals surface area contributed by atoms with Gasteiger partial charge in [0.2, 0.25) is 5.78 Å². The number of anilines is 1. The molecule has 0 aliphatic heterocycles. The SMILES string of the molecule is CN(C)c1ccc(-c2ccc(O)c3c2C[C@@]2(C)CC4CC(O)=C(C(N)=O)C(=O)[C@@]4(O)C(O)=C2C3=O)cc1. The number of aromatic hydroxyl groups is 1. The summed E-state index contributed by atoms with van der Waals surface area (Å²) in [6, 6.07) is 10.9. The highest BCUT2D eigenvalue weighted by Crippen LogP contribution is 2.57. The van der Waals surface area contributed by atoms with Gasteiger partial charge in [-0.05, 0) is 47.7 Å². The number of amides is 1. The molecule has 2 aromatic rings. The van der Waals surface area contributed by atoms with E-state index in [0.717, 1.165) is 16.8 Å². The maximum absolute atomic E-state index is 13.9. The van der Waals surface area contributed by atoms with Gasteiger partial charge in [-0.2, -0.15) is 0 Å². The molecular formula is C28H28N2O7. The summed E-state index contributed by atoms with van der Waals surface area (Å²) in [6.45, 7) is 1.75. The number of hydrogen-bond acceptors (Lipinski definition) is 8. The van der Waals surface area contributed by atoms with Crippen molar-refractivity contribution in [3.05, 3.63) is 70.2 Å². The summed E-state index contributed by atoms with van der Waals surface area (Å²) in [6.07, 6.45) is 0.0124. The van der Waals surface area contributed by atoms with Crippen LogP contribution in [0.25, 0.3) is 11.1 Å². The molecule has 0 saturated heterocycles. The van der Waals surface area contributed by atoms with E-state index in [1.54, 1.807) is 13.0 Å². The quantitative estimate of drug-likeness (QED) is 0.399. The van der Waals surface area contributed by atoms with E-state index in [4.69, 9.17) is 5.73 Å². The lowest BCUT2D eigenvalue weighted by molar-refractivity contribution is -0.145. The summed E-state index contributed by atoms with van der Waals surface area (Å²) in [5.41, 5.74) is 3.81. The van der Waals surface area contributed by atoms with E-state index >= 15 is 0 Å². The first-order valence-corrected chi connectivity index (χ1v) is 11.9. The van der Waals surface area contributed by atoms with Crippen LogP contribution in [0, 0.1) is 11.3 Å². The highest BCUT2D eigenvalue weighted by Gasteiger charge is 2.62. The first kappa shape index (κ1) is 24.6. The number of carbonyl (C=O) groups excluding carboxylic acids is 3. The minimum atomic E-state index is -2.59. The van der Waals surface area contributed by atoms with Crippen molar-refractivity contribution in [3.8, 4) is 16.9 Å². The Hall–Kier alpha value is -4.11. The largest absolute Gasteiger partial charge is 0.511 e. The van der Waals surface area contributed by atoms with Crippen LogP contribution in [0.3, 0.4) is 0 Å². The maximum atomic E-state index is 13.9. The molecule has 5 rings (SSSR count). The fourth-order valence-electron chi connectivity index (χ4n) is 6.23. The molecule has 0 radical (unpaired) electrons. The summed E-state index contributed by atoms with van der Waals surface area (Å²) in [4.78, 5) is 40.8. The third-order valence-electron chi connectivity index (χ3n) is 8.04. The standard InChI is InChI=1S/C28H28N2O7/c1-27-11-14-10-19(32)21(26(29)36)24(34)28(14,37)25(35)22(27)23(33)20-17(12-27)16(8-9-18(20)31)13-4-6-15(7-5-13)30(2)3/h4-9,14,31-32,35,37H,10-12H2,1-3H3,(H2,29,36)/t14?,27-,28-/m1/s1. The predicted molar refractivity (Wildman–Crippen MR) is 135 cm³/mol. The summed E-state index contributed by atoms with van der Waals surface area (Å²) in [5, 5.41) is 43.8. The molecular weight excluding hydrogens is 476 g/mol. The average molecular weight is 505 g/mol. The van der Waals surface area contributed by atoms with Crippen LogP contribution in [0.5, 0.6) is 5.75 Å². The number of aliphatic hydroxyl groups is 3. The van der Waals surface area contributed by atoms with Gasteiger partial charge < -0.3 is 31.1 Å². The molecule has 0 fully saturated rings. The number of hydrogen-bond donors (Lipinski definition) is 5. The van der Waals surface area contributed by atoms with Crippen LogP contribution in [-0.2, 0) is 16.0 Å². The number of primary amides is 1. The van der Waals surface area contributed by atoms with Crippen molar-refractivity contribution in [2.75, 3.05) is 19.0 Å². The molecule has 192 valence electrons. The number of phenolic OH excluding ortho intramolecular Hbond substituents is 1. The summed E-state index contributed by atoms with van der Waals surface area (Å²) >= 11 is 0. The number of aliphatic hydroxyl groups excluding tert-OH is 2. The first-order valence-electron chi connectivity index (χ1n) is 11.9. The average Bonchev–Trinajstić information content (AvgIpc) is 2.81. The van der Waals surface area contributed by atoms with Crippen molar-refractivity contribution >= 4 is 23.2 Å². The molecule has 9 nitrogen and oxygen atoms in total. The Balaban J connectivity index is 1.69. The zero-order valence-electron chi connectivity index (χ0n) is 20.7. The van der Waals surface area contributed by atoms with Crippen molar-refractivity contribution in [2.45, 2.75) is 31.8 Å². The second-order valence-corrected chi connectivity index (χ2v) is 10.6. The minimum Gasteiger partial charge on any atom is -0.511 e. The molecule has 6 N–H and O–H groups in total. The van der Waals surface area contributed by atoms with Gasteiger partial charge in [0, 0.05) is 43.1 Å². The minimum absolute atomic E-state index is 0.00738. The predicted octanol–water partition coefficient (Wildman–Crippen LogP) is 2.70. The lowest BCUT2D eigenvalue weighted by atomic mass is 9.54. The van der Waals surface area contributed by atoms with Crippen LogP contribution in [-0.4, -0.2) is 57.6 Å². The van der Waals surface area contributed by atoms with Gasteiger partial charge >= 0.3 is 0 Å². The normalized spacial score (nSPS) is 27.0. The fraction of sp³-hybridized carbons (Fsp3) is 0.321. The smallest absolute Gasteiger partial charge is 0.255 e. The molecule has 37 heavy (non-hydrogen) atoms. The van der Waals surface area contributed by atoms with Gasteiger partial charge in [0.25, 0.3) is 5.91 Å². The van der Waals surface area contributed by atoms with Gasteiger partial charge in [-0.1, -0.05) is 25.1 Å². The van der Waals surface area contributed by atoms with Gasteiger partial charge in [-0.25, -0.2) is 0 Å². The van der Waals surface area contributed by atoms with E-state index in [0.29, 0.717) is 5.56 Å². The molecule has 3 atom stereocenters. The number of ketones is 2. The molecule has 0 spiro atoms. The topological polar surface area (TPSA) is 161 Å². The lowest BCUT2D eigenvalue weighted by Gasteiger charge is -2.50. The van der Waals surface area contributed by atoms with Gasteiger partial charge in [-0.15, -0.1) is 0 Å². The Morgan fingerprint density at radius 2 is 1.70 bits per heavy atom. The van der Waals surface area contributed by atoms with Crippen LogP contribution in [0.2, 0.25) is 0 Å². The van der Waals surface area contributed by atoms with Crippen molar-refractivity contribution in [1.82, 2.24) is 0 Å². The molecule has 1 amide bonds. The van der Waals surface area contributed by atoms with Gasteiger partial charge in [0.05, 0.1) is 5.56 Å². The van der Waals surface area contributed by atoms with E-state index in [2.05, 4.69) is 0 Å². The Labute approximate surface area is 213 Å². The molecule has 3 aliphatic carbocycles. The number of phenols is 1. The van der Waals surface area contributed by atoms with E-state index in [-0.39, 0.29) is 36.1 Å². The lowest BCUT2D eigenvalue weighted by Crippen LogP contribution is -2.59. The number of fused-ring (bicyclic) bond motifs is 3. The Bertz CT molecular complexity index is 1450. The highest BCUT2D eigenvalue weighted by molar-refractivity contribution is 6.24. The number of rotatable bonds is 3. The van der Waals surface area contributed by atoms with Crippen molar-refractivity contribution in [1.29, 1.82) is 0 Å². The van der Waals surface area contributed by atoms with E-state index in [9.17, 15) is 34.8 Å². The molecule has 2 aromatic carbocycles. The number of benzene rings is 2. The molecule has 9 heteroatoms. The molecule has 0 saturated carbocycles. The number of Topliss-reactive ketones (excluding diaryl/α,β-unsaturated/α-hetero) is 2. The van der Waals surface area contributed by atoms with Gasteiger partial charge in [0.15, 0.2) is 11.4 Å². The number of carbonyl (C=O) groups is 3. The number of nitrogens with zero attached hydrogens (tertiary/aromatic N) is 1. The van der Waals surface area contributed by atoms with Crippen LogP contribution in [0.15, 0.2) is 59.1 Å². The fourth-order valence-corrected chi connectivity index (χ4v) is 6.23. The molecule has 3 aliphatic rings. The number of allylic oxidation sites excluding steroid dienone is 2. The van der Waals surface area contributed by atoms with Gasteiger partial charge in [0.1, 0.15) is 22.8 Å². The van der Waals surface area contributed by atoms with E-state index < -0.39 is 51.5 Å². The van der Waals surface area contributed by atoms with E-state index in [1.165, 1.54) is 6.07 Å². The third kappa shape index (κ3) is 3.30. The van der Waals surface area contributed by atoms with Crippen molar-refractivity contribution in [2.24, 2.45) is 17.1 Å². The maximum Gasteiger partial charge on any atom is 0.255 e. The van der Waals surface area contributed by atoms with Crippen LogP contribution < -0.4 is 10.6 Å². The molecule has 0 heterocycles. The van der Waals surface area contributed by atoms with Crippen molar-refractivity contribution < 1.29 is 34.8 Å². The summed E-state index contributed by atoms with van der Waals surface area (Å²) < 4.78 is 0. The third-order valence-corrected chi connectivity index (χ3v) is 8.04. The Morgan fingerprint density at radius 3 is 2.30 bits per heavy atom. The monoisotopic (exact) mass is 504 g/mol. The zero-order chi connectivity index (χ0) is 27.0. The van der Waals surface area contributed by atoms with Gasteiger partial charge in [-0.3, -0.25) is 14.4 Å². The molecule has 1 unspecified atom stereocenters. The Morgan fingerprint density at radius 1 is 1.05 bits per heavy atom. The second kappa shape index (κ2) is 7.94. The van der Waals surface area contributed by atoms with Crippen molar-refractivity contribution in [3.63, 3.8) is 0 Å². The highest BCUT2D eigenvalue weighted by atomic mass is 16.3. The summed E-state index contributed by atoms with van der Waals surface area (Å²) in [5.74, 6) is -5.86. The molecule has 0 aromatic heterocycles. The van der Waals surface area contributed by atoms with Crippen LogP contribution >= 0.6 is 0 Å². The first-order chi connectivity index (χ1) is 17.3. The second-order valence-electron chi connectivity index (χ2n) is 10.6. The molecule has 0 bridgehead atoms.